The van der Waals surface area contributed by atoms with Crippen LogP contribution in [-0.4, -0.2) is 11.2 Å². The minimum Gasteiger partial charge on any atom is -0.325 e. The van der Waals surface area contributed by atoms with Gasteiger partial charge >= 0.3 is 6.18 Å². The number of carbonyl (C=O) groups is 1. The largest absolute Gasteiger partial charge is 0.418 e. The molecule has 1 amide bonds. The molecule has 0 saturated heterocycles. The first-order valence-electron chi connectivity index (χ1n) is 7.10. The van der Waals surface area contributed by atoms with Crippen LogP contribution in [0.5, 0.6) is 0 Å². The van der Waals surface area contributed by atoms with Gasteiger partial charge < -0.3 is 5.32 Å². The van der Waals surface area contributed by atoms with Crippen LogP contribution in [0.25, 0.3) is 0 Å². The summed E-state index contributed by atoms with van der Waals surface area (Å²) in [6, 6.07) is 12.1. The summed E-state index contributed by atoms with van der Waals surface area (Å²) >= 11 is 7.14. The van der Waals surface area contributed by atoms with E-state index in [4.69, 9.17) is 11.6 Å². The SMILES string of the molecule is CC(SCc1ccc(Cl)cc1)C(=O)Nc1ccccc1C(F)(F)F. The van der Waals surface area contributed by atoms with E-state index in [1.165, 1.54) is 30.0 Å². The lowest BCUT2D eigenvalue weighted by Crippen LogP contribution is -2.24. The summed E-state index contributed by atoms with van der Waals surface area (Å²) in [6.45, 7) is 1.66. The number of alkyl halides is 3. The Balaban J connectivity index is 1.98. The molecule has 2 aromatic rings. The number of hydrogen-bond donors (Lipinski definition) is 1. The molecular weight excluding hydrogens is 359 g/mol. The molecule has 0 bridgehead atoms. The number of amides is 1. The summed E-state index contributed by atoms with van der Waals surface area (Å²) in [7, 11) is 0. The van der Waals surface area contributed by atoms with E-state index in [1.807, 2.05) is 12.1 Å². The summed E-state index contributed by atoms with van der Waals surface area (Å²) in [5, 5.41) is 2.49. The lowest BCUT2D eigenvalue weighted by atomic mass is 10.1. The van der Waals surface area contributed by atoms with Crippen molar-refractivity contribution in [2.75, 3.05) is 5.32 Å². The van der Waals surface area contributed by atoms with Gasteiger partial charge in [-0.1, -0.05) is 35.9 Å². The third-order valence-corrected chi connectivity index (χ3v) is 4.74. The van der Waals surface area contributed by atoms with Gasteiger partial charge in [-0.05, 0) is 36.8 Å². The van der Waals surface area contributed by atoms with Crippen molar-refractivity contribution in [2.24, 2.45) is 0 Å². The van der Waals surface area contributed by atoms with E-state index in [9.17, 15) is 18.0 Å². The first-order chi connectivity index (χ1) is 11.3. The molecule has 2 aromatic carbocycles. The molecule has 0 saturated carbocycles. The number of nitrogens with one attached hydrogen (secondary N) is 1. The van der Waals surface area contributed by atoms with E-state index >= 15 is 0 Å². The summed E-state index contributed by atoms with van der Waals surface area (Å²) in [5.41, 5.74) is -0.0954. The first kappa shape index (κ1) is 18.7. The number of hydrogen-bond acceptors (Lipinski definition) is 2. The second kappa shape index (κ2) is 7.94. The van der Waals surface area contributed by atoms with Gasteiger partial charge in [0.1, 0.15) is 0 Å². The molecule has 0 aromatic heterocycles. The molecule has 0 radical (unpaired) electrons. The van der Waals surface area contributed by atoms with Crippen LogP contribution in [0, 0.1) is 0 Å². The van der Waals surface area contributed by atoms with Gasteiger partial charge in [-0.25, -0.2) is 0 Å². The van der Waals surface area contributed by atoms with Crippen LogP contribution in [-0.2, 0) is 16.7 Å². The molecule has 24 heavy (non-hydrogen) atoms. The zero-order valence-electron chi connectivity index (χ0n) is 12.7. The normalized spacial score (nSPS) is 12.7. The zero-order chi connectivity index (χ0) is 17.7. The van der Waals surface area contributed by atoms with Crippen LogP contribution < -0.4 is 5.32 Å². The molecule has 2 rings (SSSR count). The summed E-state index contributed by atoms with van der Waals surface area (Å²) in [6.07, 6.45) is -4.51. The predicted molar refractivity (Wildman–Crippen MR) is 92.3 cm³/mol. The topological polar surface area (TPSA) is 29.1 Å². The number of anilines is 1. The number of rotatable bonds is 5. The molecule has 1 unspecified atom stereocenters. The maximum Gasteiger partial charge on any atom is 0.418 e. The summed E-state index contributed by atoms with van der Waals surface area (Å²) in [4.78, 5) is 12.1. The van der Waals surface area contributed by atoms with Gasteiger partial charge in [-0.15, -0.1) is 11.8 Å². The molecule has 0 aliphatic heterocycles. The van der Waals surface area contributed by atoms with E-state index in [1.54, 1.807) is 19.1 Å². The Bertz CT molecular complexity index is 704. The molecule has 0 spiro atoms. The van der Waals surface area contributed by atoms with Gasteiger partial charge in [-0.3, -0.25) is 4.79 Å². The van der Waals surface area contributed by atoms with Gasteiger partial charge in [-0.2, -0.15) is 13.2 Å². The van der Waals surface area contributed by atoms with E-state index in [0.717, 1.165) is 11.6 Å². The van der Waals surface area contributed by atoms with E-state index in [0.29, 0.717) is 10.8 Å². The molecule has 0 fully saturated rings. The molecule has 1 atom stereocenters. The van der Waals surface area contributed by atoms with Crippen molar-refractivity contribution >= 4 is 35.0 Å². The summed E-state index contributed by atoms with van der Waals surface area (Å²) in [5.74, 6) is 0.0952. The van der Waals surface area contributed by atoms with Crippen LogP contribution in [0.4, 0.5) is 18.9 Å². The lowest BCUT2D eigenvalue weighted by molar-refractivity contribution is -0.137. The third-order valence-electron chi connectivity index (χ3n) is 3.27. The maximum atomic E-state index is 12.9. The Labute approximate surface area is 147 Å². The smallest absolute Gasteiger partial charge is 0.325 e. The van der Waals surface area contributed by atoms with Crippen LogP contribution in [0.1, 0.15) is 18.1 Å². The van der Waals surface area contributed by atoms with Crippen molar-refractivity contribution in [3.05, 3.63) is 64.7 Å². The van der Waals surface area contributed by atoms with Crippen LogP contribution in [0.2, 0.25) is 5.02 Å². The Morgan fingerprint density at radius 3 is 2.42 bits per heavy atom. The average Bonchev–Trinajstić information content (AvgIpc) is 2.53. The fourth-order valence-electron chi connectivity index (χ4n) is 1.95. The third kappa shape index (κ3) is 5.18. The quantitative estimate of drug-likeness (QED) is 0.737. The first-order valence-corrected chi connectivity index (χ1v) is 8.53. The van der Waals surface area contributed by atoms with Crippen molar-refractivity contribution < 1.29 is 18.0 Å². The number of thioether (sulfide) groups is 1. The van der Waals surface area contributed by atoms with Gasteiger partial charge in [0.2, 0.25) is 5.91 Å². The van der Waals surface area contributed by atoms with Crippen molar-refractivity contribution in [2.45, 2.75) is 24.1 Å². The lowest BCUT2D eigenvalue weighted by Gasteiger charge is -2.16. The van der Waals surface area contributed by atoms with Crippen LogP contribution >= 0.6 is 23.4 Å². The second-order valence-corrected chi connectivity index (χ2v) is 6.88. The van der Waals surface area contributed by atoms with Crippen molar-refractivity contribution in [3.8, 4) is 0 Å². The standard InChI is InChI=1S/C17H15ClF3NOS/c1-11(24-10-12-6-8-13(18)9-7-12)16(23)22-15-5-3-2-4-14(15)17(19,20)21/h2-9,11H,10H2,1H3,(H,22,23). The molecule has 2 nitrogen and oxygen atoms in total. The van der Waals surface area contributed by atoms with Gasteiger partial charge in [0.15, 0.2) is 0 Å². The van der Waals surface area contributed by atoms with Crippen molar-refractivity contribution in [3.63, 3.8) is 0 Å². The number of para-hydroxylation sites is 1. The minimum absolute atomic E-state index is 0.228. The Hall–Kier alpha value is -1.66. The Kier molecular flexibility index (Phi) is 6.18. The fraction of sp³-hybridized carbons (Fsp3) is 0.235. The van der Waals surface area contributed by atoms with E-state index < -0.39 is 22.9 Å². The van der Waals surface area contributed by atoms with Gasteiger partial charge in [0.25, 0.3) is 0 Å². The van der Waals surface area contributed by atoms with Crippen molar-refractivity contribution in [1.82, 2.24) is 0 Å². The van der Waals surface area contributed by atoms with E-state index in [-0.39, 0.29) is 5.69 Å². The van der Waals surface area contributed by atoms with Crippen LogP contribution in [0.3, 0.4) is 0 Å². The molecule has 0 aliphatic carbocycles. The Morgan fingerprint density at radius 1 is 1.17 bits per heavy atom. The summed E-state index contributed by atoms with van der Waals surface area (Å²) < 4.78 is 38.8. The van der Waals surface area contributed by atoms with Crippen molar-refractivity contribution in [1.29, 1.82) is 0 Å². The molecule has 7 heteroatoms. The monoisotopic (exact) mass is 373 g/mol. The molecule has 1 N–H and O–H groups in total. The molecular formula is C17H15ClF3NOS. The van der Waals surface area contributed by atoms with Gasteiger partial charge in [0.05, 0.1) is 16.5 Å². The highest BCUT2D eigenvalue weighted by molar-refractivity contribution is 7.99. The number of benzene rings is 2. The fourth-order valence-corrected chi connectivity index (χ4v) is 2.92. The molecule has 0 heterocycles. The molecule has 128 valence electrons. The molecule has 0 aliphatic rings. The number of carbonyl (C=O) groups excluding carboxylic acids is 1. The average molecular weight is 374 g/mol. The van der Waals surface area contributed by atoms with Crippen LogP contribution in [0.15, 0.2) is 48.5 Å². The van der Waals surface area contributed by atoms with Gasteiger partial charge in [0, 0.05) is 10.8 Å². The highest BCUT2D eigenvalue weighted by Gasteiger charge is 2.33. The second-order valence-electron chi connectivity index (χ2n) is 5.11. The van der Waals surface area contributed by atoms with E-state index in [2.05, 4.69) is 5.32 Å². The maximum absolute atomic E-state index is 12.9. The number of halogens is 4. The minimum atomic E-state index is -4.51. The zero-order valence-corrected chi connectivity index (χ0v) is 14.3. The predicted octanol–water partition coefficient (Wildman–Crippen LogP) is 5.62. The highest BCUT2D eigenvalue weighted by atomic mass is 35.5. The Morgan fingerprint density at radius 2 is 1.79 bits per heavy atom. The highest BCUT2D eigenvalue weighted by Crippen LogP contribution is 2.34.